The van der Waals surface area contributed by atoms with Crippen molar-refractivity contribution in [3.63, 3.8) is 0 Å². The number of hydrogen-bond acceptors (Lipinski definition) is 6. The minimum atomic E-state index is 0.0274. The highest BCUT2D eigenvalue weighted by Crippen LogP contribution is 2.18. The number of ketones is 1. The molecule has 2 aromatic rings. The molecule has 4 N–H and O–H groups in total. The Morgan fingerprint density at radius 1 is 1.22 bits per heavy atom. The normalized spacial score (nSPS) is 10.2. The molecule has 0 aliphatic heterocycles. The second-order valence-corrected chi connectivity index (χ2v) is 4.51. The van der Waals surface area contributed by atoms with Gasteiger partial charge in [0.05, 0.1) is 17.6 Å². The van der Waals surface area contributed by atoms with E-state index >= 15 is 0 Å². The summed E-state index contributed by atoms with van der Waals surface area (Å²) in [6.45, 7) is 0. The molecule has 0 bridgehead atoms. The number of nitrogens with two attached hydrogens (primary N) is 2. The third kappa shape index (κ3) is 2.98. The van der Waals surface area contributed by atoms with Crippen LogP contribution in [0.2, 0.25) is 0 Å². The maximum Gasteiger partial charge on any atom is 0.190 e. The molecule has 0 fully saturated rings. The lowest BCUT2D eigenvalue weighted by Gasteiger charge is -2.02. The maximum absolute atomic E-state index is 11.8. The molecule has 0 aliphatic carbocycles. The Balaban J connectivity index is 1.99. The van der Waals surface area contributed by atoms with Crippen molar-refractivity contribution in [2.45, 2.75) is 5.16 Å². The van der Waals surface area contributed by atoms with Crippen molar-refractivity contribution in [3.05, 3.63) is 42.1 Å². The molecule has 0 unspecified atom stereocenters. The molecule has 1 aromatic carbocycles. The van der Waals surface area contributed by atoms with Gasteiger partial charge in [0.25, 0.3) is 0 Å². The number of hydrogen-bond donors (Lipinski definition) is 2. The van der Waals surface area contributed by atoms with E-state index in [4.69, 9.17) is 11.5 Å². The molecular weight excluding hydrogens is 248 g/mol. The van der Waals surface area contributed by atoms with Crippen LogP contribution in [0.4, 0.5) is 11.5 Å². The van der Waals surface area contributed by atoms with E-state index in [0.29, 0.717) is 16.4 Å². The van der Waals surface area contributed by atoms with Gasteiger partial charge >= 0.3 is 0 Å². The standard InChI is InChI=1S/C12H12N4OS/c13-9-6-15-12(16-11(9)14)18-7-10(17)8-4-2-1-3-5-8/h1-6H,7,13H2,(H2,14,15,16). The molecule has 0 spiro atoms. The number of thioether (sulfide) groups is 1. The van der Waals surface area contributed by atoms with E-state index in [1.807, 2.05) is 18.2 Å². The summed E-state index contributed by atoms with van der Waals surface area (Å²) in [6, 6.07) is 9.08. The van der Waals surface area contributed by atoms with E-state index in [1.165, 1.54) is 18.0 Å². The van der Waals surface area contributed by atoms with Crippen LogP contribution in [0.15, 0.2) is 41.7 Å². The topological polar surface area (TPSA) is 94.9 Å². The number of benzene rings is 1. The average Bonchev–Trinajstić information content (AvgIpc) is 2.41. The summed E-state index contributed by atoms with van der Waals surface area (Å²) in [5.74, 6) is 0.534. The smallest absolute Gasteiger partial charge is 0.190 e. The summed E-state index contributed by atoms with van der Waals surface area (Å²) >= 11 is 1.24. The highest BCUT2D eigenvalue weighted by molar-refractivity contribution is 7.99. The van der Waals surface area contributed by atoms with Crippen LogP contribution in [0, 0.1) is 0 Å². The minimum absolute atomic E-state index is 0.0274. The fraction of sp³-hybridized carbons (Fsp3) is 0.0833. The van der Waals surface area contributed by atoms with Crippen LogP contribution < -0.4 is 11.5 Å². The number of carbonyl (C=O) groups excluding carboxylic acids is 1. The molecule has 2 rings (SSSR count). The third-order valence-corrected chi connectivity index (χ3v) is 3.12. The van der Waals surface area contributed by atoms with E-state index in [0.717, 1.165) is 0 Å². The number of rotatable bonds is 4. The van der Waals surface area contributed by atoms with E-state index in [9.17, 15) is 4.79 Å². The number of carbonyl (C=O) groups is 1. The Morgan fingerprint density at radius 3 is 2.61 bits per heavy atom. The lowest BCUT2D eigenvalue weighted by atomic mass is 10.2. The van der Waals surface area contributed by atoms with Crippen LogP contribution in [0.1, 0.15) is 10.4 Å². The van der Waals surface area contributed by atoms with Crippen molar-refractivity contribution >= 4 is 29.1 Å². The van der Waals surface area contributed by atoms with Gasteiger partial charge in [0.15, 0.2) is 16.8 Å². The summed E-state index contributed by atoms with van der Waals surface area (Å²) in [4.78, 5) is 19.8. The van der Waals surface area contributed by atoms with Crippen LogP contribution in [0.5, 0.6) is 0 Å². The van der Waals surface area contributed by atoms with Crippen LogP contribution in [-0.2, 0) is 0 Å². The lowest BCUT2D eigenvalue weighted by molar-refractivity contribution is 0.102. The van der Waals surface area contributed by atoms with E-state index in [2.05, 4.69) is 9.97 Å². The lowest BCUT2D eigenvalue weighted by Crippen LogP contribution is -2.04. The largest absolute Gasteiger partial charge is 0.394 e. The molecular formula is C12H12N4OS. The van der Waals surface area contributed by atoms with Gasteiger partial charge in [-0.15, -0.1) is 0 Å². The molecule has 0 saturated heterocycles. The molecule has 5 nitrogen and oxygen atoms in total. The first kappa shape index (κ1) is 12.4. The summed E-state index contributed by atoms with van der Waals surface area (Å²) in [5, 5.41) is 0.450. The molecule has 0 aliphatic rings. The van der Waals surface area contributed by atoms with Crippen molar-refractivity contribution < 1.29 is 4.79 Å². The summed E-state index contributed by atoms with van der Waals surface area (Å²) in [5.41, 5.74) is 12.1. The van der Waals surface area contributed by atoms with Gasteiger partial charge in [-0.3, -0.25) is 4.79 Å². The highest BCUT2D eigenvalue weighted by atomic mass is 32.2. The van der Waals surface area contributed by atoms with Crippen LogP contribution >= 0.6 is 11.8 Å². The van der Waals surface area contributed by atoms with Gasteiger partial charge < -0.3 is 11.5 Å². The Morgan fingerprint density at radius 2 is 1.94 bits per heavy atom. The monoisotopic (exact) mass is 260 g/mol. The van der Waals surface area contributed by atoms with Crippen molar-refractivity contribution in [2.75, 3.05) is 17.2 Å². The summed E-state index contributed by atoms with van der Waals surface area (Å²) in [6.07, 6.45) is 1.44. The Labute approximate surface area is 109 Å². The number of Topliss-reactive ketones (excluding diaryl/α,β-unsaturated/α-hetero) is 1. The zero-order valence-corrected chi connectivity index (χ0v) is 10.4. The van der Waals surface area contributed by atoms with E-state index < -0.39 is 0 Å². The van der Waals surface area contributed by atoms with Gasteiger partial charge in [-0.25, -0.2) is 9.97 Å². The number of anilines is 2. The van der Waals surface area contributed by atoms with Gasteiger partial charge in [0.2, 0.25) is 0 Å². The Kier molecular flexibility index (Phi) is 3.78. The molecule has 0 amide bonds. The minimum Gasteiger partial charge on any atom is -0.394 e. The van der Waals surface area contributed by atoms with Gasteiger partial charge in [-0.2, -0.15) is 0 Å². The fourth-order valence-electron chi connectivity index (χ4n) is 1.29. The molecule has 18 heavy (non-hydrogen) atoms. The predicted octanol–water partition coefficient (Wildman–Crippen LogP) is 1.62. The zero-order valence-electron chi connectivity index (χ0n) is 9.54. The highest BCUT2D eigenvalue weighted by Gasteiger charge is 2.08. The number of nitrogen functional groups attached to an aromatic ring is 2. The molecule has 1 heterocycles. The molecule has 1 aromatic heterocycles. The first-order valence-corrected chi connectivity index (χ1v) is 6.24. The van der Waals surface area contributed by atoms with Gasteiger partial charge in [-0.05, 0) is 0 Å². The molecule has 0 atom stereocenters. The number of aromatic nitrogens is 2. The summed E-state index contributed by atoms with van der Waals surface area (Å²) in [7, 11) is 0. The number of nitrogens with zero attached hydrogens (tertiary/aromatic N) is 2. The van der Waals surface area contributed by atoms with E-state index in [1.54, 1.807) is 12.1 Å². The summed E-state index contributed by atoms with van der Waals surface area (Å²) < 4.78 is 0. The molecule has 92 valence electrons. The second-order valence-electron chi connectivity index (χ2n) is 3.57. The SMILES string of the molecule is Nc1cnc(SCC(=O)c2ccccc2)nc1N. The second kappa shape index (κ2) is 5.50. The van der Waals surface area contributed by atoms with Crippen LogP contribution in [-0.4, -0.2) is 21.5 Å². The first-order chi connectivity index (χ1) is 8.66. The van der Waals surface area contributed by atoms with Crippen LogP contribution in [0.3, 0.4) is 0 Å². The Hall–Kier alpha value is -2.08. The van der Waals surface area contributed by atoms with E-state index in [-0.39, 0.29) is 17.4 Å². The third-order valence-electron chi connectivity index (χ3n) is 2.25. The van der Waals surface area contributed by atoms with Crippen LogP contribution in [0.25, 0.3) is 0 Å². The average molecular weight is 260 g/mol. The van der Waals surface area contributed by atoms with Crippen molar-refractivity contribution in [1.82, 2.24) is 9.97 Å². The Bertz CT molecular complexity index is 559. The molecule has 0 radical (unpaired) electrons. The van der Waals surface area contributed by atoms with Crippen molar-refractivity contribution in [3.8, 4) is 0 Å². The zero-order chi connectivity index (χ0) is 13.0. The van der Waals surface area contributed by atoms with Gasteiger partial charge in [-0.1, -0.05) is 42.1 Å². The van der Waals surface area contributed by atoms with Gasteiger partial charge in [0, 0.05) is 5.56 Å². The molecule has 6 heteroatoms. The fourth-order valence-corrected chi connectivity index (χ4v) is 2.01. The van der Waals surface area contributed by atoms with Gasteiger partial charge in [0.1, 0.15) is 0 Å². The van der Waals surface area contributed by atoms with Crippen molar-refractivity contribution in [2.24, 2.45) is 0 Å². The maximum atomic E-state index is 11.8. The molecule has 0 saturated carbocycles. The quantitative estimate of drug-likeness (QED) is 0.492. The predicted molar refractivity (Wildman–Crippen MR) is 72.4 cm³/mol. The first-order valence-electron chi connectivity index (χ1n) is 5.26. The van der Waals surface area contributed by atoms with Crippen molar-refractivity contribution in [1.29, 1.82) is 0 Å².